The molecule has 2 N–H and O–H groups in total. The number of unbranched alkanes of at least 4 members (excludes halogenated alkanes) is 2. The lowest BCUT2D eigenvalue weighted by molar-refractivity contribution is 0.0650. The van der Waals surface area contributed by atoms with Gasteiger partial charge in [0.1, 0.15) is 11.6 Å². The number of anilines is 1. The number of aromatic nitrogens is 1. The van der Waals surface area contributed by atoms with Crippen LogP contribution < -0.4 is 4.72 Å². The molecule has 5 rings (SSSR count). The van der Waals surface area contributed by atoms with Gasteiger partial charge in [-0.1, -0.05) is 24.6 Å². The standard InChI is InChI=1S/C31H27N5O6S/c37-27(10-2-1-7-19-36-30(39)24-8-3-4-9-25(24)31(36)40)26-20-22(14-17-28(26)38)34-33-21-12-15-23(16-13-21)43(41,42)35-29-11-5-6-18-32-29/h3-6,8-9,11-18,20,38H,1-2,7,10,19H2,(H,32,35). The van der Waals surface area contributed by atoms with Crippen molar-refractivity contribution in [2.45, 2.75) is 30.6 Å². The molecule has 218 valence electrons. The first-order valence-corrected chi connectivity index (χ1v) is 15.0. The predicted octanol–water partition coefficient (Wildman–Crippen LogP) is 6.04. The molecule has 2 amide bonds. The number of aromatic hydroxyl groups is 1. The number of carbonyl (C=O) groups is 3. The Morgan fingerprint density at radius 3 is 2.14 bits per heavy atom. The topological polar surface area (TPSA) is 158 Å². The van der Waals surface area contributed by atoms with Crippen LogP contribution in [-0.4, -0.2) is 47.6 Å². The van der Waals surface area contributed by atoms with Gasteiger partial charge in [0.2, 0.25) is 0 Å². The molecule has 0 radical (unpaired) electrons. The van der Waals surface area contributed by atoms with Crippen molar-refractivity contribution < 1.29 is 27.9 Å². The number of Topliss-reactive ketones (excluding diaryl/α,β-unsaturated/α-hetero) is 1. The smallest absolute Gasteiger partial charge is 0.263 e. The summed E-state index contributed by atoms with van der Waals surface area (Å²) in [5.74, 6) is -0.849. The molecule has 2 heterocycles. The van der Waals surface area contributed by atoms with Crippen molar-refractivity contribution in [1.82, 2.24) is 9.88 Å². The fourth-order valence-corrected chi connectivity index (χ4v) is 5.55. The summed E-state index contributed by atoms with van der Waals surface area (Å²) in [7, 11) is -3.83. The fraction of sp³-hybridized carbons (Fsp3) is 0.161. The van der Waals surface area contributed by atoms with Gasteiger partial charge in [-0.2, -0.15) is 10.2 Å². The zero-order chi connectivity index (χ0) is 30.4. The van der Waals surface area contributed by atoms with Crippen molar-refractivity contribution in [2.75, 3.05) is 11.3 Å². The van der Waals surface area contributed by atoms with Crippen molar-refractivity contribution in [1.29, 1.82) is 0 Å². The molecule has 0 fully saturated rings. The Morgan fingerprint density at radius 1 is 0.814 bits per heavy atom. The number of nitrogens with zero attached hydrogens (tertiary/aromatic N) is 4. The molecule has 3 aromatic carbocycles. The highest BCUT2D eigenvalue weighted by Gasteiger charge is 2.34. The minimum Gasteiger partial charge on any atom is -0.507 e. The number of fused-ring (bicyclic) bond motifs is 1. The average molecular weight is 598 g/mol. The molecule has 0 atom stereocenters. The number of phenolic OH excluding ortho intramolecular Hbond substituents is 1. The van der Waals surface area contributed by atoms with Gasteiger partial charge in [-0.25, -0.2) is 13.4 Å². The number of benzene rings is 3. The zero-order valence-corrected chi connectivity index (χ0v) is 23.7. The number of ketones is 1. The lowest BCUT2D eigenvalue weighted by Gasteiger charge is -2.13. The summed E-state index contributed by atoms with van der Waals surface area (Å²) in [6.07, 6.45) is 3.32. The third kappa shape index (κ3) is 6.81. The molecule has 4 aromatic rings. The normalized spacial score (nSPS) is 13.0. The second-order valence-electron chi connectivity index (χ2n) is 9.76. The molecular formula is C31H27N5O6S. The van der Waals surface area contributed by atoms with Crippen LogP contribution in [0.5, 0.6) is 5.75 Å². The maximum Gasteiger partial charge on any atom is 0.263 e. The number of hydrogen-bond acceptors (Lipinski definition) is 9. The predicted molar refractivity (Wildman–Crippen MR) is 158 cm³/mol. The highest BCUT2D eigenvalue weighted by atomic mass is 32.2. The van der Waals surface area contributed by atoms with Crippen LogP contribution in [0, 0.1) is 0 Å². The van der Waals surface area contributed by atoms with E-state index in [0.29, 0.717) is 41.8 Å². The average Bonchev–Trinajstić information content (AvgIpc) is 3.25. The highest BCUT2D eigenvalue weighted by Crippen LogP contribution is 2.28. The van der Waals surface area contributed by atoms with Crippen LogP contribution in [0.15, 0.2) is 106 Å². The van der Waals surface area contributed by atoms with Gasteiger partial charge in [-0.15, -0.1) is 0 Å². The van der Waals surface area contributed by atoms with E-state index in [0.717, 1.165) is 0 Å². The molecule has 0 spiro atoms. The monoisotopic (exact) mass is 597 g/mol. The van der Waals surface area contributed by atoms with Gasteiger partial charge in [0.05, 0.1) is 33.0 Å². The van der Waals surface area contributed by atoms with Gasteiger partial charge in [0.15, 0.2) is 5.78 Å². The summed E-state index contributed by atoms with van der Waals surface area (Å²) in [4.78, 5) is 43.0. The highest BCUT2D eigenvalue weighted by molar-refractivity contribution is 7.92. The number of sulfonamides is 1. The molecule has 0 unspecified atom stereocenters. The number of imide groups is 1. The van der Waals surface area contributed by atoms with E-state index >= 15 is 0 Å². The largest absolute Gasteiger partial charge is 0.507 e. The maximum absolute atomic E-state index is 12.8. The van der Waals surface area contributed by atoms with Crippen molar-refractivity contribution in [2.24, 2.45) is 10.2 Å². The summed E-state index contributed by atoms with van der Waals surface area (Å²) < 4.78 is 27.5. The number of carbonyl (C=O) groups excluding carboxylic acids is 3. The van der Waals surface area contributed by atoms with E-state index in [2.05, 4.69) is 19.9 Å². The van der Waals surface area contributed by atoms with Gasteiger partial charge in [-0.3, -0.25) is 24.0 Å². The van der Waals surface area contributed by atoms with E-state index in [1.54, 1.807) is 36.4 Å². The van der Waals surface area contributed by atoms with Crippen LogP contribution in [-0.2, 0) is 10.0 Å². The van der Waals surface area contributed by atoms with Crippen LogP contribution >= 0.6 is 0 Å². The molecule has 0 saturated carbocycles. The molecule has 1 aliphatic rings. The fourth-order valence-electron chi connectivity index (χ4n) is 4.55. The number of hydrogen-bond donors (Lipinski definition) is 2. The Kier molecular flexibility index (Phi) is 8.67. The Balaban J connectivity index is 1.13. The number of nitrogens with one attached hydrogen (secondary N) is 1. The minimum atomic E-state index is -3.83. The van der Waals surface area contributed by atoms with Gasteiger partial charge in [-0.05, 0) is 79.6 Å². The van der Waals surface area contributed by atoms with Crippen LogP contribution in [0.1, 0.15) is 56.8 Å². The minimum absolute atomic E-state index is 0.0262. The molecule has 1 aliphatic heterocycles. The third-order valence-electron chi connectivity index (χ3n) is 6.78. The third-order valence-corrected chi connectivity index (χ3v) is 8.15. The van der Waals surface area contributed by atoms with E-state index in [4.69, 9.17) is 0 Å². The second-order valence-corrected chi connectivity index (χ2v) is 11.4. The number of pyridine rings is 1. The number of azo groups is 1. The quantitative estimate of drug-likeness (QED) is 0.0871. The van der Waals surface area contributed by atoms with Crippen LogP contribution in [0.3, 0.4) is 0 Å². The van der Waals surface area contributed by atoms with Crippen LogP contribution in [0.2, 0.25) is 0 Å². The maximum atomic E-state index is 12.8. The van der Waals surface area contributed by atoms with E-state index in [-0.39, 0.29) is 52.6 Å². The number of rotatable bonds is 12. The Morgan fingerprint density at radius 2 is 1.47 bits per heavy atom. The molecule has 11 nitrogen and oxygen atoms in total. The summed E-state index contributed by atoms with van der Waals surface area (Å²) in [5.41, 5.74) is 1.65. The van der Waals surface area contributed by atoms with E-state index < -0.39 is 10.0 Å². The van der Waals surface area contributed by atoms with E-state index in [9.17, 15) is 27.9 Å². The summed E-state index contributed by atoms with van der Waals surface area (Å²) in [6.45, 7) is 0.273. The Hall–Kier alpha value is -5.23. The lowest BCUT2D eigenvalue weighted by Crippen LogP contribution is -2.30. The van der Waals surface area contributed by atoms with Gasteiger partial charge in [0, 0.05) is 19.2 Å². The number of amides is 2. The molecule has 0 saturated heterocycles. The van der Waals surface area contributed by atoms with Crippen LogP contribution in [0.4, 0.5) is 17.2 Å². The Bertz CT molecular complexity index is 1770. The van der Waals surface area contributed by atoms with Crippen LogP contribution in [0.25, 0.3) is 0 Å². The van der Waals surface area contributed by atoms with Gasteiger partial charge >= 0.3 is 0 Å². The first-order valence-electron chi connectivity index (χ1n) is 13.5. The summed E-state index contributed by atoms with van der Waals surface area (Å²) in [6, 6.07) is 21.7. The molecule has 12 heteroatoms. The molecule has 43 heavy (non-hydrogen) atoms. The summed E-state index contributed by atoms with van der Waals surface area (Å²) in [5, 5.41) is 18.5. The van der Waals surface area contributed by atoms with Crippen molar-refractivity contribution in [3.8, 4) is 5.75 Å². The Labute approximate surface area is 248 Å². The molecular weight excluding hydrogens is 570 g/mol. The van der Waals surface area contributed by atoms with Crippen molar-refractivity contribution in [3.63, 3.8) is 0 Å². The van der Waals surface area contributed by atoms with Crippen molar-refractivity contribution in [3.05, 3.63) is 108 Å². The first-order chi connectivity index (χ1) is 20.7. The molecule has 0 aliphatic carbocycles. The second kappa shape index (κ2) is 12.7. The summed E-state index contributed by atoms with van der Waals surface area (Å²) >= 11 is 0. The van der Waals surface area contributed by atoms with Gasteiger partial charge < -0.3 is 5.11 Å². The first kappa shape index (κ1) is 29.3. The van der Waals surface area contributed by atoms with Crippen molar-refractivity contribution >= 4 is 44.8 Å². The van der Waals surface area contributed by atoms with Gasteiger partial charge in [0.25, 0.3) is 21.8 Å². The number of phenols is 1. The zero-order valence-electron chi connectivity index (χ0n) is 22.9. The lowest BCUT2D eigenvalue weighted by atomic mass is 10.0. The molecule has 1 aromatic heterocycles. The molecule has 0 bridgehead atoms. The van der Waals surface area contributed by atoms with E-state index in [1.165, 1.54) is 59.6 Å². The van der Waals surface area contributed by atoms with E-state index in [1.807, 2.05) is 0 Å². The SMILES string of the molecule is O=C(CCCCCN1C(=O)c2ccccc2C1=O)c1cc(N=Nc2ccc(S(=O)(=O)Nc3ccccn3)cc2)ccc1O.